The van der Waals surface area contributed by atoms with Crippen LogP contribution in [0, 0.1) is 10.1 Å². The van der Waals surface area contributed by atoms with Crippen molar-refractivity contribution in [3.63, 3.8) is 0 Å². The Morgan fingerprint density at radius 3 is 2.45 bits per heavy atom. The van der Waals surface area contributed by atoms with Crippen molar-refractivity contribution >= 4 is 22.5 Å². The second-order valence-corrected chi connectivity index (χ2v) is 7.31. The average molecular weight is 444 g/mol. The van der Waals surface area contributed by atoms with Gasteiger partial charge in [-0.1, -0.05) is 30.3 Å². The number of rotatable bonds is 7. The minimum Gasteiger partial charge on any atom is -0.496 e. The first kappa shape index (κ1) is 21.7. The number of fused-ring (bicyclic) bond motifs is 1. The Kier molecular flexibility index (Phi) is 6.12. The normalized spacial score (nSPS) is 10.7. The summed E-state index contributed by atoms with van der Waals surface area (Å²) in [5.41, 5.74) is 1.16. The van der Waals surface area contributed by atoms with E-state index >= 15 is 0 Å². The fraction of sp³-hybridized carbons (Fsp3) is 0.125. The Morgan fingerprint density at radius 1 is 1.03 bits per heavy atom. The molecule has 0 aliphatic rings. The number of aromatic amines is 1. The number of hydrogen-bond acceptors (Lipinski definition) is 6. The lowest BCUT2D eigenvalue weighted by molar-refractivity contribution is -0.384. The van der Waals surface area contributed by atoms with Gasteiger partial charge in [-0.25, -0.2) is 4.98 Å². The Morgan fingerprint density at radius 2 is 1.73 bits per heavy atom. The number of non-ortho nitro benzene ring substituents is 1. The molecule has 4 aromatic rings. The van der Waals surface area contributed by atoms with Crippen LogP contribution >= 0.6 is 0 Å². The maximum Gasteiger partial charge on any atom is 0.269 e. The summed E-state index contributed by atoms with van der Waals surface area (Å²) < 4.78 is 5.41. The molecular weight excluding hydrogens is 424 g/mol. The SMILES string of the molecule is COc1ccccc1CN(Cc1nc2ccccc2c(=O)[nH]1)C(=O)c1ccc([N+](=O)[O-])cc1. The van der Waals surface area contributed by atoms with Gasteiger partial charge in [0.25, 0.3) is 17.2 Å². The molecule has 0 fully saturated rings. The van der Waals surface area contributed by atoms with Gasteiger partial charge in [0.1, 0.15) is 11.6 Å². The van der Waals surface area contributed by atoms with Crippen LogP contribution in [0.25, 0.3) is 10.9 Å². The second kappa shape index (κ2) is 9.31. The highest BCUT2D eigenvalue weighted by atomic mass is 16.6. The lowest BCUT2D eigenvalue weighted by Crippen LogP contribution is -2.32. The van der Waals surface area contributed by atoms with Crippen molar-refractivity contribution < 1.29 is 14.5 Å². The van der Waals surface area contributed by atoms with E-state index in [0.717, 1.165) is 5.56 Å². The van der Waals surface area contributed by atoms with Gasteiger partial charge >= 0.3 is 0 Å². The van der Waals surface area contributed by atoms with E-state index in [-0.39, 0.29) is 35.8 Å². The van der Waals surface area contributed by atoms with E-state index in [1.54, 1.807) is 37.4 Å². The summed E-state index contributed by atoms with van der Waals surface area (Å²) in [4.78, 5) is 45.1. The molecule has 1 aromatic heterocycles. The molecule has 3 aromatic carbocycles. The van der Waals surface area contributed by atoms with Crippen LogP contribution in [0.1, 0.15) is 21.7 Å². The number of benzene rings is 3. The summed E-state index contributed by atoms with van der Waals surface area (Å²) in [6, 6.07) is 19.6. The van der Waals surface area contributed by atoms with Crippen molar-refractivity contribution in [2.45, 2.75) is 13.1 Å². The van der Waals surface area contributed by atoms with Crippen LogP contribution in [0.4, 0.5) is 5.69 Å². The minimum atomic E-state index is -0.523. The largest absolute Gasteiger partial charge is 0.496 e. The molecule has 1 amide bonds. The Bertz CT molecular complexity index is 1380. The number of nitrogens with zero attached hydrogens (tertiary/aromatic N) is 3. The van der Waals surface area contributed by atoms with Gasteiger partial charge < -0.3 is 14.6 Å². The summed E-state index contributed by atoms with van der Waals surface area (Å²) in [7, 11) is 1.55. The number of H-pyrrole nitrogens is 1. The number of hydrogen-bond donors (Lipinski definition) is 1. The number of amides is 1. The molecule has 0 saturated heterocycles. The van der Waals surface area contributed by atoms with Gasteiger partial charge in [0, 0.05) is 23.3 Å². The van der Waals surface area contributed by atoms with Crippen LogP contribution in [0.2, 0.25) is 0 Å². The van der Waals surface area contributed by atoms with Gasteiger partial charge in [-0.3, -0.25) is 19.7 Å². The summed E-state index contributed by atoms with van der Waals surface area (Å²) in [6.45, 7) is 0.199. The summed E-state index contributed by atoms with van der Waals surface area (Å²) >= 11 is 0. The molecule has 33 heavy (non-hydrogen) atoms. The molecule has 0 saturated carbocycles. The van der Waals surface area contributed by atoms with Crippen molar-refractivity contribution in [2.24, 2.45) is 0 Å². The van der Waals surface area contributed by atoms with Gasteiger partial charge in [0.2, 0.25) is 0 Å². The standard InChI is InChI=1S/C24H20N4O5/c1-33-21-9-5-2-6-17(21)14-27(24(30)16-10-12-18(13-11-16)28(31)32)15-22-25-20-8-4-3-7-19(20)23(29)26-22/h2-13H,14-15H2,1H3,(H,25,26,29). The molecule has 166 valence electrons. The van der Waals surface area contributed by atoms with Crippen LogP contribution < -0.4 is 10.3 Å². The van der Waals surface area contributed by atoms with Gasteiger partial charge in [-0.15, -0.1) is 0 Å². The van der Waals surface area contributed by atoms with Crippen molar-refractivity contribution in [2.75, 3.05) is 7.11 Å². The molecule has 0 radical (unpaired) electrons. The van der Waals surface area contributed by atoms with E-state index in [2.05, 4.69) is 9.97 Å². The molecule has 1 heterocycles. The maximum atomic E-state index is 13.4. The zero-order valence-corrected chi connectivity index (χ0v) is 17.7. The van der Waals surface area contributed by atoms with Crippen molar-refractivity contribution in [3.8, 4) is 5.75 Å². The molecule has 1 N–H and O–H groups in total. The Hall–Kier alpha value is -4.53. The number of nitro benzene ring substituents is 1. The molecule has 0 atom stereocenters. The molecule has 9 nitrogen and oxygen atoms in total. The van der Waals surface area contributed by atoms with E-state index in [1.807, 2.05) is 18.2 Å². The lowest BCUT2D eigenvalue weighted by Gasteiger charge is -2.23. The highest BCUT2D eigenvalue weighted by Gasteiger charge is 2.20. The highest BCUT2D eigenvalue weighted by molar-refractivity contribution is 5.94. The molecule has 0 bridgehead atoms. The Balaban J connectivity index is 1.71. The summed E-state index contributed by atoms with van der Waals surface area (Å²) in [5, 5.41) is 11.4. The molecule has 0 spiro atoms. The highest BCUT2D eigenvalue weighted by Crippen LogP contribution is 2.22. The van der Waals surface area contributed by atoms with Crippen LogP contribution in [0.15, 0.2) is 77.6 Å². The number of carbonyl (C=O) groups is 1. The van der Waals surface area contributed by atoms with Crippen LogP contribution in [-0.4, -0.2) is 32.8 Å². The van der Waals surface area contributed by atoms with E-state index in [9.17, 15) is 19.7 Å². The van der Waals surface area contributed by atoms with E-state index in [4.69, 9.17) is 4.74 Å². The van der Waals surface area contributed by atoms with E-state index < -0.39 is 4.92 Å². The second-order valence-electron chi connectivity index (χ2n) is 7.31. The van der Waals surface area contributed by atoms with Gasteiger partial charge in [0.05, 0.1) is 36.0 Å². The topological polar surface area (TPSA) is 118 Å². The Labute approximate surface area is 188 Å². The zero-order chi connectivity index (χ0) is 23.4. The first-order valence-corrected chi connectivity index (χ1v) is 10.1. The third kappa shape index (κ3) is 4.72. The van der Waals surface area contributed by atoms with Crippen molar-refractivity contribution in [3.05, 3.63) is 110 Å². The van der Waals surface area contributed by atoms with Gasteiger partial charge in [-0.2, -0.15) is 0 Å². The first-order chi connectivity index (χ1) is 16.0. The molecule has 0 unspecified atom stereocenters. The molecular formula is C24H20N4O5. The number of methoxy groups -OCH3 is 1. The molecule has 4 rings (SSSR count). The average Bonchev–Trinajstić information content (AvgIpc) is 2.83. The summed E-state index contributed by atoms with van der Waals surface area (Å²) in [5.74, 6) is 0.564. The molecule has 0 aliphatic heterocycles. The fourth-order valence-electron chi connectivity index (χ4n) is 3.54. The van der Waals surface area contributed by atoms with Crippen molar-refractivity contribution in [1.29, 1.82) is 0 Å². The van der Waals surface area contributed by atoms with E-state index in [1.165, 1.54) is 29.2 Å². The number of aromatic nitrogens is 2. The number of ether oxygens (including phenoxy) is 1. The number of carbonyl (C=O) groups excluding carboxylic acids is 1. The first-order valence-electron chi connectivity index (χ1n) is 10.1. The van der Waals surface area contributed by atoms with Crippen LogP contribution in [0.5, 0.6) is 5.75 Å². The summed E-state index contributed by atoms with van der Waals surface area (Å²) in [6.07, 6.45) is 0. The predicted octanol–water partition coefficient (Wildman–Crippen LogP) is 3.68. The van der Waals surface area contributed by atoms with Gasteiger partial charge in [-0.05, 0) is 30.3 Å². The molecule has 0 aliphatic carbocycles. The van der Waals surface area contributed by atoms with Crippen LogP contribution in [-0.2, 0) is 13.1 Å². The lowest BCUT2D eigenvalue weighted by atomic mass is 10.1. The molecule has 9 heteroatoms. The van der Waals surface area contributed by atoms with Crippen molar-refractivity contribution in [1.82, 2.24) is 14.9 Å². The quantitative estimate of drug-likeness (QED) is 0.343. The minimum absolute atomic E-state index is 0.0218. The number of nitrogens with one attached hydrogen (secondary N) is 1. The fourth-order valence-corrected chi connectivity index (χ4v) is 3.54. The smallest absolute Gasteiger partial charge is 0.269 e. The van der Waals surface area contributed by atoms with E-state index in [0.29, 0.717) is 22.5 Å². The monoisotopic (exact) mass is 444 g/mol. The van der Waals surface area contributed by atoms with Gasteiger partial charge in [0.15, 0.2) is 0 Å². The maximum absolute atomic E-state index is 13.4. The zero-order valence-electron chi connectivity index (χ0n) is 17.7. The third-order valence-corrected chi connectivity index (χ3v) is 5.17. The predicted molar refractivity (Wildman–Crippen MR) is 122 cm³/mol. The number of para-hydroxylation sites is 2. The number of nitro groups is 1. The third-order valence-electron chi connectivity index (χ3n) is 5.17. The van der Waals surface area contributed by atoms with Crippen LogP contribution in [0.3, 0.4) is 0 Å².